The van der Waals surface area contributed by atoms with Gasteiger partial charge in [0.05, 0.1) is 15.7 Å². The van der Waals surface area contributed by atoms with Crippen LogP contribution >= 0.6 is 11.3 Å². The number of nitrogens with one attached hydrogen (secondary N) is 1. The fourth-order valence-electron chi connectivity index (χ4n) is 3.72. The Balaban J connectivity index is 1.86. The Labute approximate surface area is 217 Å². The zero-order chi connectivity index (χ0) is 28.8. The molecule has 3 heterocycles. The van der Waals surface area contributed by atoms with Crippen LogP contribution in [0.25, 0.3) is 21.3 Å². The average Bonchev–Trinajstić information content (AvgIpc) is 3.36. The fourth-order valence-corrected chi connectivity index (χ4v) is 4.73. The van der Waals surface area contributed by atoms with Crippen molar-refractivity contribution in [2.75, 3.05) is 5.32 Å². The molecule has 4 rings (SSSR count). The minimum atomic E-state index is -4.90. The van der Waals surface area contributed by atoms with Crippen molar-refractivity contribution >= 4 is 50.6 Å². The van der Waals surface area contributed by atoms with Gasteiger partial charge in [-0.25, -0.2) is 9.37 Å². The predicted molar refractivity (Wildman–Crippen MR) is 127 cm³/mol. The van der Waals surface area contributed by atoms with Crippen molar-refractivity contribution in [3.63, 3.8) is 0 Å². The summed E-state index contributed by atoms with van der Waals surface area (Å²) in [6, 6.07) is 5.02. The normalized spacial score (nSPS) is 11.5. The average molecular weight is 567 g/mol. The zero-order valence-corrected chi connectivity index (χ0v) is 20.1. The van der Waals surface area contributed by atoms with Crippen molar-refractivity contribution in [1.82, 2.24) is 14.8 Å². The molecule has 202 valence electrons. The van der Waals surface area contributed by atoms with Crippen molar-refractivity contribution in [3.8, 4) is 11.1 Å². The monoisotopic (exact) mass is 567 g/mol. The Morgan fingerprint density at radius 1 is 1.15 bits per heavy atom. The van der Waals surface area contributed by atoms with Gasteiger partial charge in [-0.1, -0.05) is 12.1 Å². The number of amides is 2. The number of nitrogens with zero attached hydrogens (tertiary/aromatic N) is 5. The van der Waals surface area contributed by atoms with Gasteiger partial charge in [0.2, 0.25) is 5.91 Å². The van der Waals surface area contributed by atoms with Crippen molar-refractivity contribution in [2.45, 2.75) is 19.6 Å². The van der Waals surface area contributed by atoms with Crippen LogP contribution in [0.15, 0.2) is 30.3 Å². The highest BCUT2D eigenvalue weighted by Gasteiger charge is 2.37. The van der Waals surface area contributed by atoms with E-state index in [0.29, 0.717) is 22.1 Å². The molecule has 0 saturated carbocycles. The lowest BCUT2D eigenvalue weighted by atomic mass is 10.0. The van der Waals surface area contributed by atoms with Crippen LogP contribution in [0.3, 0.4) is 0 Å². The number of carbonyl (C=O) groups excluding carboxylic acids is 2. The summed E-state index contributed by atoms with van der Waals surface area (Å²) in [6.45, 7) is 0.311. The van der Waals surface area contributed by atoms with Gasteiger partial charge >= 0.3 is 17.7 Å². The SMILES string of the molecule is Cc1c([N+](=O)[O-])c([N+](=O)[O-])nn1CC(=O)Nc1c(C(N)=O)sc2nc(C(F)(F)F)cc(-c3ccc(F)cc3)c12. The van der Waals surface area contributed by atoms with Crippen molar-refractivity contribution in [3.05, 3.63) is 72.6 Å². The van der Waals surface area contributed by atoms with Crippen LogP contribution in [0, 0.1) is 33.0 Å². The van der Waals surface area contributed by atoms with Crippen molar-refractivity contribution < 1.29 is 37.0 Å². The molecule has 2 amide bonds. The van der Waals surface area contributed by atoms with Gasteiger partial charge in [-0.15, -0.1) is 11.3 Å². The summed E-state index contributed by atoms with van der Waals surface area (Å²) in [5.74, 6) is -3.90. The molecule has 0 unspecified atom stereocenters. The van der Waals surface area contributed by atoms with E-state index >= 15 is 0 Å². The standard InChI is InChI=1S/C21H13F4N7O6S/c1-8-16(31(35)36)19(32(37)38)29-30(8)7-13(33)28-15-14-11(9-2-4-10(22)5-3-9)6-12(21(23,24)25)27-20(14)39-17(15)18(26)34/h2-6H,7H2,1H3,(H2,26,34)(H,28,33). The number of carbonyl (C=O) groups is 2. The fraction of sp³-hybridized carbons (Fsp3) is 0.143. The molecule has 0 aliphatic carbocycles. The molecule has 4 aromatic rings. The molecular weight excluding hydrogens is 554 g/mol. The Bertz CT molecular complexity index is 1680. The third-order valence-electron chi connectivity index (χ3n) is 5.40. The Morgan fingerprint density at radius 3 is 2.31 bits per heavy atom. The van der Waals surface area contributed by atoms with Crippen molar-refractivity contribution in [1.29, 1.82) is 0 Å². The van der Waals surface area contributed by atoms with E-state index in [1.165, 1.54) is 12.1 Å². The van der Waals surface area contributed by atoms with Gasteiger partial charge in [-0.2, -0.15) is 17.9 Å². The molecule has 0 saturated heterocycles. The maximum Gasteiger partial charge on any atom is 0.468 e. The molecule has 1 aromatic carbocycles. The summed E-state index contributed by atoms with van der Waals surface area (Å²) < 4.78 is 55.0. The molecular formula is C21H13F4N7O6S. The van der Waals surface area contributed by atoms with E-state index in [0.717, 1.165) is 19.1 Å². The number of pyridine rings is 1. The molecule has 18 heteroatoms. The quantitative estimate of drug-likeness (QED) is 0.189. The van der Waals surface area contributed by atoms with Crippen LogP contribution in [-0.4, -0.2) is 36.4 Å². The number of alkyl halides is 3. The molecule has 39 heavy (non-hydrogen) atoms. The maximum atomic E-state index is 13.6. The number of fused-ring (bicyclic) bond motifs is 1. The highest BCUT2D eigenvalue weighted by molar-refractivity contribution is 7.21. The van der Waals surface area contributed by atoms with Gasteiger partial charge in [-0.05, 0) is 41.2 Å². The van der Waals surface area contributed by atoms with E-state index in [4.69, 9.17) is 5.73 Å². The van der Waals surface area contributed by atoms with Crippen LogP contribution in [0.1, 0.15) is 21.1 Å². The predicted octanol–water partition coefficient (Wildman–Crippen LogP) is 4.18. The topological polar surface area (TPSA) is 189 Å². The molecule has 0 aliphatic heterocycles. The van der Waals surface area contributed by atoms with E-state index < -0.39 is 57.4 Å². The van der Waals surface area contributed by atoms with E-state index in [2.05, 4.69) is 15.4 Å². The number of hydrogen-bond donors (Lipinski definition) is 2. The van der Waals surface area contributed by atoms with Gasteiger partial charge in [-0.3, -0.25) is 19.7 Å². The number of thiophene rings is 1. The summed E-state index contributed by atoms with van der Waals surface area (Å²) in [5.41, 5.74) is 2.44. The molecule has 3 aromatic heterocycles. The summed E-state index contributed by atoms with van der Waals surface area (Å²) >= 11 is 0.465. The lowest BCUT2D eigenvalue weighted by Crippen LogP contribution is -2.22. The van der Waals surface area contributed by atoms with E-state index in [-0.39, 0.29) is 37.6 Å². The highest BCUT2D eigenvalue weighted by atomic mass is 32.1. The van der Waals surface area contributed by atoms with Crippen LogP contribution in [-0.2, 0) is 17.5 Å². The number of primary amides is 1. The summed E-state index contributed by atoms with van der Waals surface area (Å²) in [5, 5.41) is 28.1. The molecule has 0 radical (unpaired) electrons. The van der Waals surface area contributed by atoms with Gasteiger partial charge in [0.25, 0.3) is 5.91 Å². The molecule has 0 atom stereocenters. The van der Waals surface area contributed by atoms with Gasteiger partial charge in [0.1, 0.15) is 33.5 Å². The second kappa shape index (κ2) is 9.71. The maximum absolute atomic E-state index is 13.6. The van der Waals surface area contributed by atoms with Crippen LogP contribution in [0.2, 0.25) is 0 Å². The van der Waals surface area contributed by atoms with Gasteiger partial charge < -0.3 is 21.2 Å². The van der Waals surface area contributed by atoms with Crippen molar-refractivity contribution in [2.24, 2.45) is 5.73 Å². The lowest BCUT2D eigenvalue weighted by Gasteiger charge is -2.12. The van der Waals surface area contributed by atoms with Gasteiger partial charge in [0, 0.05) is 5.39 Å². The Kier molecular flexibility index (Phi) is 6.73. The number of halogens is 4. The van der Waals surface area contributed by atoms with E-state index in [1.807, 2.05) is 0 Å². The molecule has 13 nitrogen and oxygen atoms in total. The smallest absolute Gasteiger partial charge is 0.365 e. The molecule has 3 N–H and O–H groups in total. The number of rotatable bonds is 7. The van der Waals surface area contributed by atoms with Crippen LogP contribution in [0.5, 0.6) is 0 Å². The van der Waals surface area contributed by atoms with Crippen LogP contribution in [0.4, 0.5) is 34.8 Å². The minimum Gasteiger partial charge on any atom is -0.365 e. The molecule has 0 bridgehead atoms. The summed E-state index contributed by atoms with van der Waals surface area (Å²) in [6.07, 6.45) is -4.90. The lowest BCUT2D eigenvalue weighted by molar-refractivity contribution is -0.424. The third-order valence-corrected chi connectivity index (χ3v) is 6.50. The first-order valence-electron chi connectivity index (χ1n) is 10.5. The molecule has 0 aliphatic rings. The number of anilines is 1. The number of nitrogens with two attached hydrogens (primary N) is 1. The molecule has 0 spiro atoms. The minimum absolute atomic E-state index is 0.0905. The highest BCUT2D eigenvalue weighted by Crippen LogP contribution is 2.43. The Hall–Kier alpha value is -5.00. The van der Waals surface area contributed by atoms with E-state index in [1.54, 1.807) is 0 Å². The number of benzene rings is 1. The second-order valence-corrected chi connectivity index (χ2v) is 8.89. The second-order valence-electron chi connectivity index (χ2n) is 7.89. The zero-order valence-electron chi connectivity index (χ0n) is 19.3. The number of nitro groups is 2. The largest absolute Gasteiger partial charge is 0.468 e. The van der Waals surface area contributed by atoms with E-state index in [9.17, 15) is 47.4 Å². The van der Waals surface area contributed by atoms with Crippen LogP contribution < -0.4 is 11.1 Å². The molecule has 0 fully saturated rings. The Morgan fingerprint density at radius 2 is 1.79 bits per heavy atom. The first-order valence-corrected chi connectivity index (χ1v) is 11.3. The first kappa shape index (κ1) is 27.0. The number of hydrogen-bond acceptors (Lipinski definition) is 9. The summed E-state index contributed by atoms with van der Waals surface area (Å²) in [7, 11) is 0. The number of aromatic nitrogens is 3. The first-order chi connectivity index (χ1) is 18.2. The third kappa shape index (κ3) is 5.08. The van der Waals surface area contributed by atoms with Gasteiger partial charge in [0.15, 0.2) is 0 Å². The summed E-state index contributed by atoms with van der Waals surface area (Å²) in [4.78, 5) is 48.2.